The summed E-state index contributed by atoms with van der Waals surface area (Å²) in [4.78, 5) is 1.33. The largest absolute Gasteiger partial charge is 0.439 e. The molecule has 128 valence electrons. The molecule has 0 saturated heterocycles. The highest BCUT2D eigenvalue weighted by atomic mass is 32.5. The number of nitrogens with zero attached hydrogens (tertiary/aromatic N) is 1. The van der Waals surface area contributed by atoms with E-state index in [4.69, 9.17) is 4.74 Å². The first kappa shape index (κ1) is 17.3. The Hall–Kier alpha value is -2.04. The van der Waals surface area contributed by atoms with Gasteiger partial charge in [-0.1, -0.05) is 19.4 Å². The van der Waals surface area contributed by atoms with Crippen molar-refractivity contribution in [3.8, 4) is 11.6 Å². The van der Waals surface area contributed by atoms with Gasteiger partial charge in [-0.25, -0.2) is 4.98 Å². The zero-order chi connectivity index (χ0) is 17.6. The molecule has 0 fully saturated rings. The van der Waals surface area contributed by atoms with Gasteiger partial charge in [-0.3, -0.25) is 0 Å². The van der Waals surface area contributed by atoms with E-state index in [2.05, 4.69) is 4.98 Å². The molecule has 0 aliphatic carbocycles. The summed E-state index contributed by atoms with van der Waals surface area (Å²) < 4.78 is 105. The van der Waals surface area contributed by atoms with Crippen LogP contribution in [0.5, 0.6) is 11.6 Å². The molecule has 1 aromatic carbocycles. The molecule has 2 aromatic rings. The van der Waals surface area contributed by atoms with Gasteiger partial charge in [-0.15, -0.1) is 0 Å². The Balaban J connectivity index is 2.27. The van der Waals surface area contributed by atoms with Crippen LogP contribution >= 0.6 is 10.2 Å². The van der Waals surface area contributed by atoms with Crippen molar-refractivity contribution >= 4 is 10.2 Å². The number of rotatable bonds is 3. The molecule has 11 heteroatoms. The van der Waals surface area contributed by atoms with Crippen LogP contribution < -0.4 is 4.74 Å². The first-order valence-electron chi connectivity index (χ1n) is 5.70. The van der Waals surface area contributed by atoms with E-state index in [1.807, 2.05) is 0 Å². The van der Waals surface area contributed by atoms with Crippen LogP contribution in [0.1, 0.15) is 5.56 Å². The predicted molar refractivity (Wildman–Crippen MR) is 67.2 cm³/mol. The van der Waals surface area contributed by atoms with Gasteiger partial charge < -0.3 is 4.74 Å². The molecular weight excluding hydrogens is 358 g/mol. The highest BCUT2D eigenvalue weighted by molar-refractivity contribution is 8.45. The second-order valence-corrected chi connectivity index (χ2v) is 6.83. The van der Waals surface area contributed by atoms with Crippen LogP contribution in [-0.2, 0) is 6.18 Å². The molecule has 2 nitrogen and oxygen atoms in total. The van der Waals surface area contributed by atoms with Crippen LogP contribution in [0.15, 0.2) is 47.5 Å². The molecule has 0 bridgehead atoms. The van der Waals surface area contributed by atoms with Crippen LogP contribution in [0.4, 0.5) is 32.6 Å². The summed E-state index contributed by atoms with van der Waals surface area (Å²) in [5.41, 5.74) is -1.08. The second kappa shape index (κ2) is 4.49. The average molecular weight is 365 g/mol. The third-order valence-electron chi connectivity index (χ3n) is 2.55. The van der Waals surface area contributed by atoms with Gasteiger partial charge in [0.2, 0.25) is 5.88 Å². The lowest BCUT2D eigenvalue weighted by molar-refractivity contribution is -0.137. The monoisotopic (exact) mass is 365 g/mol. The molecule has 0 N–H and O–H groups in total. The molecule has 0 aliphatic rings. The molecule has 1 aromatic heterocycles. The van der Waals surface area contributed by atoms with Crippen molar-refractivity contribution < 1.29 is 37.3 Å². The van der Waals surface area contributed by atoms with Gasteiger partial charge in [-0.05, 0) is 30.3 Å². The third kappa shape index (κ3) is 4.47. The fourth-order valence-electron chi connectivity index (χ4n) is 1.53. The summed E-state index contributed by atoms with van der Waals surface area (Å²) in [6.07, 6.45) is -3.87. The van der Waals surface area contributed by atoms with Crippen molar-refractivity contribution in [2.24, 2.45) is 0 Å². The number of aromatic nitrogens is 1. The second-order valence-electron chi connectivity index (χ2n) is 4.42. The van der Waals surface area contributed by atoms with Crippen LogP contribution in [-0.4, -0.2) is 4.98 Å². The number of halogens is 8. The van der Waals surface area contributed by atoms with Gasteiger partial charge in [0.1, 0.15) is 10.6 Å². The molecule has 1 heterocycles. The molecule has 0 atom stereocenters. The lowest BCUT2D eigenvalue weighted by Gasteiger charge is -2.40. The fourth-order valence-corrected chi connectivity index (χ4v) is 2.18. The smallest absolute Gasteiger partial charge is 0.416 e. The number of benzene rings is 1. The Labute approximate surface area is 124 Å². The molecule has 23 heavy (non-hydrogen) atoms. The summed E-state index contributed by atoms with van der Waals surface area (Å²) in [7, 11) is -9.81. The van der Waals surface area contributed by atoms with Gasteiger partial charge in [-0.2, -0.15) is 13.2 Å². The first-order valence-corrected chi connectivity index (χ1v) is 7.65. The lowest BCUT2D eigenvalue weighted by Crippen LogP contribution is -2.06. The summed E-state index contributed by atoms with van der Waals surface area (Å²) in [5.74, 6) is -0.915. The fraction of sp³-hybridized carbons (Fsp3) is 0.0833. The number of pyridine rings is 1. The first-order chi connectivity index (χ1) is 10.1. The summed E-state index contributed by atoms with van der Waals surface area (Å²) in [6.45, 7) is 0. The van der Waals surface area contributed by atoms with Gasteiger partial charge >= 0.3 is 16.4 Å². The van der Waals surface area contributed by atoms with Crippen molar-refractivity contribution in [1.82, 2.24) is 4.98 Å². The van der Waals surface area contributed by atoms with E-state index in [9.17, 15) is 32.6 Å². The zero-order valence-electron chi connectivity index (χ0n) is 10.8. The van der Waals surface area contributed by atoms with E-state index in [0.717, 1.165) is 6.20 Å². The summed E-state index contributed by atoms with van der Waals surface area (Å²) >= 11 is 0. The van der Waals surface area contributed by atoms with Gasteiger partial charge in [0.15, 0.2) is 0 Å². The van der Waals surface area contributed by atoms with E-state index in [-0.39, 0.29) is 17.9 Å². The maximum absolute atomic E-state index is 12.5. The maximum atomic E-state index is 12.5. The quantitative estimate of drug-likeness (QED) is 0.576. The van der Waals surface area contributed by atoms with Crippen molar-refractivity contribution in [2.75, 3.05) is 0 Å². The Morgan fingerprint density at radius 1 is 0.870 bits per heavy atom. The molecule has 0 aliphatic heterocycles. The van der Waals surface area contributed by atoms with Crippen LogP contribution in [0.3, 0.4) is 0 Å². The van der Waals surface area contributed by atoms with Crippen molar-refractivity contribution in [2.45, 2.75) is 11.1 Å². The number of hydrogen-bond donors (Lipinski definition) is 0. The Morgan fingerprint density at radius 3 is 1.91 bits per heavy atom. The van der Waals surface area contributed by atoms with Gasteiger partial charge in [0.05, 0.1) is 5.56 Å². The van der Waals surface area contributed by atoms with Crippen molar-refractivity contribution in [1.29, 1.82) is 0 Å². The van der Waals surface area contributed by atoms with Crippen molar-refractivity contribution in [3.05, 3.63) is 48.2 Å². The number of alkyl halides is 3. The topological polar surface area (TPSA) is 22.1 Å². The number of ether oxygens (including phenoxy) is 1. The minimum atomic E-state index is -9.81. The normalized spacial score (nSPS) is 15.7. The van der Waals surface area contributed by atoms with Crippen LogP contribution in [0.2, 0.25) is 0 Å². The van der Waals surface area contributed by atoms with E-state index < -0.39 is 32.7 Å². The summed E-state index contributed by atoms with van der Waals surface area (Å²) in [5, 5.41) is 0. The molecule has 0 amide bonds. The predicted octanol–water partition coefficient (Wildman–Crippen LogP) is 6.55. The molecule has 0 radical (unpaired) electrons. The lowest BCUT2D eigenvalue weighted by atomic mass is 10.2. The van der Waals surface area contributed by atoms with E-state index in [1.54, 1.807) is 0 Å². The molecule has 2 rings (SSSR count). The Bertz CT molecular complexity index is 724. The molecule has 0 saturated carbocycles. The summed E-state index contributed by atoms with van der Waals surface area (Å²) in [6, 6.07) is 2.50. The SMILES string of the molecule is FC(F)(F)c1ccnc(Oc2ccc(S(F)(F)(F)(F)F)cc2)c1. The highest BCUT2D eigenvalue weighted by Gasteiger charge is 2.65. The highest BCUT2D eigenvalue weighted by Crippen LogP contribution is 3.02. The Morgan fingerprint density at radius 2 is 1.43 bits per heavy atom. The van der Waals surface area contributed by atoms with E-state index in [1.165, 1.54) is 0 Å². The maximum Gasteiger partial charge on any atom is 0.416 e. The van der Waals surface area contributed by atoms with Crippen LogP contribution in [0.25, 0.3) is 0 Å². The Kier molecular flexibility index (Phi) is 3.38. The van der Waals surface area contributed by atoms with Gasteiger partial charge in [0, 0.05) is 12.3 Å². The molecule has 0 spiro atoms. The third-order valence-corrected chi connectivity index (χ3v) is 3.72. The van der Waals surface area contributed by atoms with Crippen molar-refractivity contribution in [3.63, 3.8) is 0 Å². The minimum absolute atomic E-state index is 0.0878. The number of hydrogen-bond acceptors (Lipinski definition) is 2. The molecule has 0 unspecified atom stereocenters. The van der Waals surface area contributed by atoms with Gasteiger partial charge in [0.25, 0.3) is 0 Å². The van der Waals surface area contributed by atoms with Crippen LogP contribution in [0, 0.1) is 0 Å². The average Bonchev–Trinajstić information content (AvgIpc) is 2.36. The zero-order valence-corrected chi connectivity index (χ0v) is 11.6. The van der Waals surface area contributed by atoms with E-state index >= 15 is 0 Å². The van der Waals surface area contributed by atoms with E-state index in [0.29, 0.717) is 24.3 Å². The minimum Gasteiger partial charge on any atom is -0.439 e. The standard InChI is InChI=1S/C12H7F8NOS/c13-12(14,15)8-5-6-21-11(7-8)22-9-1-3-10(4-2-9)23(16,17,18,19)20/h1-7H. The molecular formula is C12H7F8NOS.